The van der Waals surface area contributed by atoms with Gasteiger partial charge in [-0.2, -0.15) is 0 Å². The van der Waals surface area contributed by atoms with E-state index in [0.717, 1.165) is 37.6 Å². The summed E-state index contributed by atoms with van der Waals surface area (Å²) in [4.78, 5) is 16.7. The number of nitrogens with zero attached hydrogens (tertiary/aromatic N) is 2. The number of ether oxygens (including phenoxy) is 1. The lowest BCUT2D eigenvalue weighted by molar-refractivity contribution is -0.117. The summed E-state index contributed by atoms with van der Waals surface area (Å²) < 4.78 is 5.28. The Morgan fingerprint density at radius 3 is 2.60 bits per heavy atom. The van der Waals surface area contributed by atoms with Crippen molar-refractivity contribution in [1.82, 2.24) is 4.90 Å². The molecule has 5 nitrogen and oxygen atoms in total. The highest BCUT2D eigenvalue weighted by atomic mass is 35.5. The Hall–Kier alpha value is -2.24. The molecule has 0 bridgehead atoms. The molecule has 1 fully saturated rings. The number of piperazine rings is 1. The van der Waals surface area contributed by atoms with Crippen molar-refractivity contribution in [3.05, 3.63) is 53.6 Å². The summed E-state index contributed by atoms with van der Waals surface area (Å²) in [5.74, 6) is 0.821. The second kappa shape index (κ2) is 8.23. The summed E-state index contributed by atoms with van der Waals surface area (Å²) in [5.41, 5.74) is 1.81. The van der Waals surface area contributed by atoms with Crippen LogP contribution in [-0.2, 0) is 4.79 Å². The number of halogens is 1. The summed E-state index contributed by atoms with van der Waals surface area (Å²) in [5, 5.41) is 3.43. The Bertz CT molecular complexity index is 730. The molecule has 1 saturated heterocycles. The van der Waals surface area contributed by atoms with Crippen molar-refractivity contribution in [3.8, 4) is 5.75 Å². The summed E-state index contributed by atoms with van der Waals surface area (Å²) in [7, 11) is 1.68. The van der Waals surface area contributed by atoms with Crippen LogP contribution in [0.15, 0.2) is 48.5 Å². The minimum Gasteiger partial charge on any atom is -0.497 e. The van der Waals surface area contributed by atoms with Crippen LogP contribution in [0, 0.1) is 0 Å². The van der Waals surface area contributed by atoms with Gasteiger partial charge in [-0.3, -0.25) is 9.69 Å². The van der Waals surface area contributed by atoms with Crippen molar-refractivity contribution in [2.45, 2.75) is 0 Å². The zero-order valence-corrected chi connectivity index (χ0v) is 15.0. The molecule has 0 unspecified atom stereocenters. The van der Waals surface area contributed by atoms with Gasteiger partial charge in [-0.25, -0.2) is 0 Å². The Balaban J connectivity index is 1.50. The highest BCUT2D eigenvalue weighted by molar-refractivity contribution is 6.33. The molecule has 6 heteroatoms. The summed E-state index contributed by atoms with van der Waals surface area (Å²) in [6.07, 6.45) is 0. The van der Waals surface area contributed by atoms with Gasteiger partial charge >= 0.3 is 0 Å². The van der Waals surface area contributed by atoms with Crippen LogP contribution in [0.1, 0.15) is 0 Å². The predicted octanol–water partition coefficient (Wildman–Crippen LogP) is 3.11. The third kappa shape index (κ3) is 4.65. The first-order chi connectivity index (χ1) is 12.2. The number of para-hydroxylation sites is 1. The van der Waals surface area contributed by atoms with E-state index >= 15 is 0 Å². The number of carbonyl (C=O) groups is 1. The van der Waals surface area contributed by atoms with E-state index in [1.807, 2.05) is 30.3 Å². The maximum atomic E-state index is 12.2. The monoisotopic (exact) mass is 359 g/mol. The number of anilines is 2. The number of amides is 1. The zero-order chi connectivity index (χ0) is 17.6. The number of carbonyl (C=O) groups excluding carboxylic acids is 1. The van der Waals surface area contributed by atoms with Crippen LogP contribution in [0.25, 0.3) is 0 Å². The zero-order valence-electron chi connectivity index (χ0n) is 14.2. The van der Waals surface area contributed by atoms with Crippen molar-refractivity contribution >= 4 is 28.9 Å². The van der Waals surface area contributed by atoms with E-state index in [2.05, 4.69) is 21.2 Å². The van der Waals surface area contributed by atoms with Gasteiger partial charge in [-0.1, -0.05) is 29.8 Å². The fraction of sp³-hybridized carbons (Fsp3) is 0.316. The topological polar surface area (TPSA) is 44.8 Å². The van der Waals surface area contributed by atoms with E-state index in [1.54, 1.807) is 19.2 Å². The molecule has 132 valence electrons. The van der Waals surface area contributed by atoms with Gasteiger partial charge in [0.25, 0.3) is 0 Å². The first-order valence-corrected chi connectivity index (χ1v) is 8.69. The molecule has 3 rings (SSSR count). The van der Waals surface area contributed by atoms with Crippen molar-refractivity contribution in [1.29, 1.82) is 0 Å². The third-order valence-corrected chi connectivity index (χ3v) is 4.64. The highest BCUT2D eigenvalue weighted by Gasteiger charge is 2.19. The van der Waals surface area contributed by atoms with Crippen molar-refractivity contribution < 1.29 is 9.53 Å². The molecule has 0 spiro atoms. The molecule has 1 aliphatic rings. The second-order valence-corrected chi connectivity index (χ2v) is 6.40. The van der Waals surface area contributed by atoms with Crippen LogP contribution in [0.3, 0.4) is 0 Å². The maximum Gasteiger partial charge on any atom is 0.238 e. The van der Waals surface area contributed by atoms with Crippen LogP contribution in [0.5, 0.6) is 5.75 Å². The quantitative estimate of drug-likeness (QED) is 0.891. The fourth-order valence-electron chi connectivity index (χ4n) is 2.93. The van der Waals surface area contributed by atoms with Gasteiger partial charge in [-0.05, 0) is 24.3 Å². The van der Waals surface area contributed by atoms with Gasteiger partial charge in [0.05, 0.1) is 24.4 Å². The maximum absolute atomic E-state index is 12.2. The Morgan fingerprint density at radius 2 is 1.88 bits per heavy atom. The Labute approximate surface area is 153 Å². The standard InChI is InChI=1S/C19H22ClN3O2/c1-25-16-6-4-5-15(13-16)23-11-9-22(10-12-23)14-19(24)21-18-8-3-2-7-17(18)20/h2-8,13H,9-12,14H2,1H3,(H,21,24). The van der Waals surface area contributed by atoms with Gasteiger partial charge < -0.3 is 15.0 Å². The van der Waals surface area contributed by atoms with Crippen LogP contribution >= 0.6 is 11.6 Å². The Morgan fingerprint density at radius 1 is 1.12 bits per heavy atom. The molecule has 1 aliphatic heterocycles. The van der Waals surface area contributed by atoms with E-state index in [4.69, 9.17) is 16.3 Å². The minimum absolute atomic E-state index is 0.0390. The lowest BCUT2D eigenvalue weighted by Crippen LogP contribution is -2.48. The lowest BCUT2D eigenvalue weighted by Gasteiger charge is -2.35. The van der Waals surface area contributed by atoms with E-state index in [-0.39, 0.29) is 5.91 Å². The Kier molecular flexibility index (Phi) is 5.79. The highest BCUT2D eigenvalue weighted by Crippen LogP contribution is 2.22. The number of hydrogen-bond donors (Lipinski definition) is 1. The van der Waals surface area contributed by atoms with Crippen LogP contribution < -0.4 is 15.0 Å². The number of rotatable bonds is 5. The largest absolute Gasteiger partial charge is 0.497 e. The third-order valence-electron chi connectivity index (χ3n) is 4.31. The molecule has 1 amide bonds. The minimum atomic E-state index is -0.0390. The summed E-state index contributed by atoms with van der Waals surface area (Å²) >= 11 is 6.08. The number of methoxy groups -OCH3 is 1. The molecule has 0 aliphatic carbocycles. The molecular weight excluding hydrogens is 338 g/mol. The van der Waals surface area contributed by atoms with Crippen LogP contribution in [0.4, 0.5) is 11.4 Å². The molecule has 1 heterocycles. The molecular formula is C19H22ClN3O2. The van der Waals surface area contributed by atoms with Gasteiger partial charge in [0, 0.05) is 37.9 Å². The average molecular weight is 360 g/mol. The predicted molar refractivity (Wildman–Crippen MR) is 102 cm³/mol. The lowest BCUT2D eigenvalue weighted by atomic mass is 10.2. The van der Waals surface area contributed by atoms with E-state index in [0.29, 0.717) is 17.3 Å². The van der Waals surface area contributed by atoms with Gasteiger partial charge in [0.2, 0.25) is 5.91 Å². The van der Waals surface area contributed by atoms with Crippen LogP contribution in [0.2, 0.25) is 5.02 Å². The van der Waals surface area contributed by atoms with Crippen molar-refractivity contribution in [3.63, 3.8) is 0 Å². The molecule has 0 atom stereocenters. The number of hydrogen-bond acceptors (Lipinski definition) is 4. The van der Waals surface area contributed by atoms with E-state index < -0.39 is 0 Å². The van der Waals surface area contributed by atoms with E-state index in [1.165, 1.54) is 0 Å². The molecule has 1 N–H and O–H groups in total. The van der Waals surface area contributed by atoms with Gasteiger partial charge in [0.1, 0.15) is 5.75 Å². The second-order valence-electron chi connectivity index (χ2n) is 5.99. The average Bonchev–Trinajstić information content (AvgIpc) is 2.64. The summed E-state index contributed by atoms with van der Waals surface area (Å²) in [6, 6.07) is 15.3. The molecule has 2 aromatic rings. The van der Waals surface area contributed by atoms with Gasteiger partial charge in [-0.15, -0.1) is 0 Å². The number of benzene rings is 2. The fourth-order valence-corrected chi connectivity index (χ4v) is 3.11. The molecule has 2 aromatic carbocycles. The smallest absolute Gasteiger partial charge is 0.238 e. The molecule has 0 saturated carbocycles. The van der Waals surface area contributed by atoms with Crippen molar-refractivity contribution in [2.24, 2.45) is 0 Å². The molecule has 0 radical (unpaired) electrons. The SMILES string of the molecule is COc1cccc(N2CCN(CC(=O)Nc3ccccc3Cl)CC2)c1. The van der Waals surface area contributed by atoms with E-state index in [9.17, 15) is 4.79 Å². The first kappa shape index (κ1) is 17.6. The molecule has 0 aromatic heterocycles. The van der Waals surface area contributed by atoms with Crippen LogP contribution in [-0.4, -0.2) is 50.6 Å². The van der Waals surface area contributed by atoms with Gasteiger partial charge in [0.15, 0.2) is 0 Å². The molecule has 25 heavy (non-hydrogen) atoms. The normalized spacial score (nSPS) is 15.0. The number of nitrogens with one attached hydrogen (secondary N) is 1. The first-order valence-electron chi connectivity index (χ1n) is 8.31. The summed E-state index contributed by atoms with van der Waals surface area (Å²) in [6.45, 7) is 3.82. The van der Waals surface area contributed by atoms with Crippen molar-refractivity contribution in [2.75, 3.05) is 50.1 Å².